The predicted octanol–water partition coefficient (Wildman–Crippen LogP) is 2.94. The number of hydrogen-bond donors (Lipinski definition) is 3. The third-order valence-electron chi connectivity index (χ3n) is 6.73. The standard InChI is InChI=1S/C26H26N4O5/c31-24(30-11-5-10-23(30)25(32)33)22(12-16-13-27-15-28-16)29-26(34)35-14-21-19-8-3-1-6-17(19)18-7-2-4-9-20(18)21/h1-4,6-9,13,15,21-23H,5,10-12,14H2,(H,27,28)(H,29,34)(H,32,33)/t22-,23+/m0/s1. The fourth-order valence-corrected chi connectivity index (χ4v) is 5.09. The highest BCUT2D eigenvalue weighted by Crippen LogP contribution is 2.44. The van der Waals surface area contributed by atoms with E-state index in [-0.39, 0.29) is 18.9 Å². The van der Waals surface area contributed by atoms with Crippen molar-refractivity contribution in [1.29, 1.82) is 0 Å². The molecule has 5 rings (SSSR count). The Morgan fingerprint density at radius 1 is 1.11 bits per heavy atom. The number of aliphatic carboxylic acids is 1. The second kappa shape index (κ2) is 9.61. The minimum absolute atomic E-state index is 0.107. The van der Waals surface area contributed by atoms with Crippen LogP contribution in [-0.2, 0) is 20.7 Å². The Labute approximate surface area is 202 Å². The first-order valence-electron chi connectivity index (χ1n) is 11.6. The first kappa shape index (κ1) is 22.6. The normalized spacial score (nSPS) is 17.5. The predicted molar refractivity (Wildman–Crippen MR) is 127 cm³/mol. The van der Waals surface area contributed by atoms with Crippen LogP contribution in [0.2, 0.25) is 0 Å². The van der Waals surface area contributed by atoms with Gasteiger partial charge in [-0.2, -0.15) is 0 Å². The highest BCUT2D eigenvalue weighted by atomic mass is 16.5. The molecule has 2 amide bonds. The highest BCUT2D eigenvalue weighted by Gasteiger charge is 2.38. The molecule has 35 heavy (non-hydrogen) atoms. The van der Waals surface area contributed by atoms with Gasteiger partial charge in [-0.15, -0.1) is 0 Å². The van der Waals surface area contributed by atoms with Gasteiger partial charge in [0.2, 0.25) is 5.91 Å². The van der Waals surface area contributed by atoms with Crippen LogP contribution in [0.1, 0.15) is 35.6 Å². The van der Waals surface area contributed by atoms with Gasteiger partial charge in [-0.3, -0.25) is 4.79 Å². The number of nitrogens with zero attached hydrogens (tertiary/aromatic N) is 2. The molecule has 0 saturated carbocycles. The number of amides is 2. The summed E-state index contributed by atoms with van der Waals surface area (Å²) in [6, 6.07) is 14.2. The van der Waals surface area contributed by atoms with Gasteiger partial charge in [0.15, 0.2) is 0 Å². The molecule has 0 radical (unpaired) electrons. The van der Waals surface area contributed by atoms with Crippen molar-refractivity contribution in [3.8, 4) is 11.1 Å². The molecule has 3 N–H and O–H groups in total. The number of hydrogen-bond acceptors (Lipinski definition) is 5. The van der Waals surface area contributed by atoms with Crippen LogP contribution >= 0.6 is 0 Å². The average Bonchev–Trinajstić information content (AvgIpc) is 3.61. The van der Waals surface area contributed by atoms with Gasteiger partial charge in [0.1, 0.15) is 18.7 Å². The number of rotatable bonds is 7. The molecule has 9 heteroatoms. The topological polar surface area (TPSA) is 125 Å². The van der Waals surface area contributed by atoms with Crippen LogP contribution in [0.4, 0.5) is 4.79 Å². The minimum atomic E-state index is -1.04. The number of carboxylic acid groups (broad SMARTS) is 1. The number of ether oxygens (including phenoxy) is 1. The molecule has 1 aliphatic carbocycles. The van der Waals surface area contributed by atoms with Gasteiger partial charge in [0, 0.05) is 30.8 Å². The van der Waals surface area contributed by atoms with Gasteiger partial charge in [0.25, 0.3) is 0 Å². The van der Waals surface area contributed by atoms with Crippen molar-refractivity contribution in [1.82, 2.24) is 20.2 Å². The second-order valence-electron chi connectivity index (χ2n) is 8.83. The maximum absolute atomic E-state index is 13.3. The SMILES string of the molecule is O=C(N[C@@H](Cc1cnc[nH]1)C(=O)N1CCC[C@@H]1C(=O)O)OCC1c2ccccc2-c2ccccc21. The molecule has 1 saturated heterocycles. The van der Waals surface area contributed by atoms with E-state index in [1.165, 1.54) is 11.2 Å². The Kier molecular flexibility index (Phi) is 6.22. The lowest BCUT2D eigenvalue weighted by molar-refractivity contribution is -0.149. The second-order valence-corrected chi connectivity index (χ2v) is 8.83. The summed E-state index contributed by atoms with van der Waals surface area (Å²) in [4.78, 5) is 45.9. The summed E-state index contributed by atoms with van der Waals surface area (Å²) < 4.78 is 5.61. The van der Waals surface area contributed by atoms with E-state index in [0.717, 1.165) is 22.3 Å². The fraction of sp³-hybridized carbons (Fsp3) is 0.308. The van der Waals surface area contributed by atoms with E-state index in [9.17, 15) is 19.5 Å². The van der Waals surface area contributed by atoms with E-state index in [2.05, 4.69) is 27.4 Å². The Bertz CT molecular complexity index is 1200. The Hall–Kier alpha value is -4.14. The van der Waals surface area contributed by atoms with Crippen molar-refractivity contribution in [2.45, 2.75) is 37.3 Å². The lowest BCUT2D eigenvalue weighted by atomic mass is 9.98. The van der Waals surface area contributed by atoms with Crippen molar-refractivity contribution in [2.24, 2.45) is 0 Å². The Morgan fingerprint density at radius 3 is 2.43 bits per heavy atom. The quantitative estimate of drug-likeness (QED) is 0.484. The summed E-state index contributed by atoms with van der Waals surface area (Å²) in [6.45, 7) is 0.452. The van der Waals surface area contributed by atoms with Gasteiger partial charge in [0.05, 0.1) is 6.33 Å². The molecule has 3 aromatic rings. The zero-order valence-electron chi connectivity index (χ0n) is 19.0. The molecule has 2 aromatic carbocycles. The molecule has 0 bridgehead atoms. The van der Waals surface area contributed by atoms with Crippen LogP contribution in [0.15, 0.2) is 61.1 Å². The van der Waals surface area contributed by atoms with Gasteiger partial charge in [-0.05, 0) is 35.1 Å². The number of carbonyl (C=O) groups excluding carboxylic acids is 2. The first-order valence-corrected chi connectivity index (χ1v) is 11.6. The molecule has 2 heterocycles. The van der Waals surface area contributed by atoms with E-state index in [1.54, 1.807) is 6.20 Å². The lowest BCUT2D eigenvalue weighted by Crippen LogP contribution is -2.52. The third kappa shape index (κ3) is 4.49. The largest absolute Gasteiger partial charge is 0.480 e. The lowest BCUT2D eigenvalue weighted by Gasteiger charge is -2.27. The monoisotopic (exact) mass is 474 g/mol. The molecule has 1 fully saturated rings. The summed E-state index contributed by atoms with van der Waals surface area (Å²) in [5.41, 5.74) is 5.07. The number of aromatic nitrogens is 2. The van der Waals surface area contributed by atoms with Gasteiger partial charge < -0.3 is 25.0 Å². The van der Waals surface area contributed by atoms with Crippen LogP contribution in [0.3, 0.4) is 0 Å². The van der Waals surface area contributed by atoms with Crippen LogP contribution in [0.25, 0.3) is 11.1 Å². The summed E-state index contributed by atoms with van der Waals surface area (Å²) >= 11 is 0. The molecule has 2 atom stereocenters. The Balaban J connectivity index is 1.30. The van der Waals surface area contributed by atoms with Crippen molar-refractivity contribution in [2.75, 3.05) is 13.2 Å². The number of benzene rings is 2. The van der Waals surface area contributed by atoms with E-state index < -0.39 is 30.1 Å². The van der Waals surface area contributed by atoms with Crippen LogP contribution in [0, 0.1) is 0 Å². The van der Waals surface area contributed by atoms with Crippen LogP contribution in [0.5, 0.6) is 0 Å². The first-order chi connectivity index (χ1) is 17.0. The molecule has 180 valence electrons. The van der Waals surface area contributed by atoms with Gasteiger partial charge >= 0.3 is 12.1 Å². The van der Waals surface area contributed by atoms with Crippen molar-refractivity contribution in [3.05, 3.63) is 77.9 Å². The number of imidazole rings is 1. The number of carboxylic acids is 1. The zero-order valence-corrected chi connectivity index (χ0v) is 19.0. The average molecular weight is 475 g/mol. The molecule has 0 spiro atoms. The molecular formula is C26H26N4O5. The number of H-pyrrole nitrogens is 1. The number of carbonyl (C=O) groups is 3. The fourth-order valence-electron chi connectivity index (χ4n) is 5.09. The van der Waals surface area contributed by atoms with Crippen molar-refractivity contribution < 1.29 is 24.2 Å². The van der Waals surface area contributed by atoms with Crippen molar-refractivity contribution in [3.63, 3.8) is 0 Å². The van der Waals surface area contributed by atoms with E-state index in [1.807, 2.05) is 36.4 Å². The highest BCUT2D eigenvalue weighted by molar-refractivity contribution is 5.90. The number of alkyl carbamates (subject to hydrolysis) is 1. The molecule has 0 unspecified atom stereocenters. The number of fused-ring (bicyclic) bond motifs is 3. The molecule has 2 aliphatic rings. The maximum Gasteiger partial charge on any atom is 0.407 e. The number of aromatic amines is 1. The smallest absolute Gasteiger partial charge is 0.407 e. The van der Waals surface area contributed by atoms with E-state index in [0.29, 0.717) is 25.1 Å². The molecular weight excluding hydrogens is 448 g/mol. The number of nitrogens with one attached hydrogen (secondary N) is 2. The van der Waals surface area contributed by atoms with Crippen LogP contribution < -0.4 is 5.32 Å². The molecule has 1 aromatic heterocycles. The molecule has 9 nitrogen and oxygen atoms in total. The Morgan fingerprint density at radius 2 is 1.80 bits per heavy atom. The summed E-state index contributed by atoms with van der Waals surface area (Å²) in [5.74, 6) is -1.60. The minimum Gasteiger partial charge on any atom is -0.480 e. The third-order valence-corrected chi connectivity index (χ3v) is 6.73. The summed E-state index contributed by atoms with van der Waals surface area (Å²) in [6.07, 6.45) is 3.47. The van der Waals surface area contributed by atoms with Crippen LogP contribution in [-0.4, -0.2) is 63.2 Å². The maximum atomic E-state index is 13.3. The summed E-state index contributed by atoms with van der Waals surface area (Å²) in [7, 11) is 0. The van der Waals surface area contributed by atoms with E-state index in [4.69, 9.17) is 4.74 Å². The van der Waals surface area contributed by atoms with Gasteiger partial charge in [-0.1, -0.05) is 48.5 Å². The van der Waals surface area contributed by atoms with Gasteiger partial charge in [-0.25, -0.2) is 14.6 Å². The van der Waals surface area contributed by atoms with E-state index >= 15 is 0 Å². The number of likely N-dealkylation sites (tertiary alicyclic amines) is 1. The zero-order chi connectivity index (χ0) is 24.4. The molecule has 1 aliphatic heterocycles. The summed E-state index contributed by atoms with van der Waals surface area (Å²) in [5, 5.41) is 12.2. The van der Waals surface area contributed by atoms with Crippen molar-refractivity contribution >= 4 is 18.0 Å².